The Morgan fingerprint density at radius 1 is 1.00 bits per heavy atom. The molecule has 3 aliphatic carbocycles. The molecule has 0 heterocycles. The lowest BCUT2D eigenvalue weighted by atomic mass is 9.83. The van der Waals surface area contributed by atoms with Crippen LogP contribution in [0.1, 0.15) is 6.92 Å². The molecule has 6 nitrogen and oxygen atoms in total. The summed E-state index contributed by atoms with van der Waals surface area (Å²) in [5.74, 6) is -4.15. The van der Waals surface area contributed by atoms with Crippen LogP contribution < -0.4 is 0 Å². The molecule has 0 saturated heterocycles. The van der Waals surface area contributed by atoms with Crippen molar-refractivity contribution in [1.82, 2.24) is 0 Å². The third-order valence-electron chi connectivity index (χ3n) is 5.38. The highest BCUT2D eigenvalue weighted by molar-refractivity contribution is 6.52. The molecule has 0 spiro atoms. The number of hydrogen-bond donors (Lipinski definition) is 2. The molecule has 2 bridgehead atoms. The SMILES string of the molecule is COC1(OC)[C@@]2(Cl)C(Cl)=C(Cl)[C@]1(Cl)[C@@H]1[C@@H](O)[C@@H](O)[C@H](OC(C)=O)[C@@H]12. The van der Waals surface area contributed by atoms with Gasteiger partial charge < -0.3 is 24.4 Å². The molecule has 7 atom stereocenters. The van der Waals surface area contributed by atoms with Crippen molar-refractivity contribution in [3.05, 3.63) is 10.1 Å². The van der Waals surface area contributed by atoms with Gasteiger partial charge in [-0.25, -0.2) is 0 Å². The topological polar surface area (TPSA) is 85.2 Å². The number of carbonyl (C=O) groups is 1. The van der Waals surface area contributed by atoms with Crippen LogP contribution in [0.4, 0.5) is 0 Å². The predicted molar refractivity (Wildman–Crippen MR) is 87.2 cm³/mol. The molecule has 0 aromatic heterocycles. The van der Waals surface area contributed by atoms with Crippen LogP contribution in [0, 0.1) is 11.8 Å². The van der Waals surface area contributed by atoms with E-state index in [-0.39, 0.29) is 10.1 Å². The molecule has 24 heavy (non-hydrogen) atoms. The number of halogens is 4. The van der Waals surface area contributed by atoms with E-state index in [2.05, 4.69) is 0 Å². The van der Waals surface area contributed by atoms with Gasteiger partial charge in [-0.2, -0.15) is 0 Å². The number of ether oxygens (including phenoxy) is 3. The Morgan fingerprint density at radius 2 is 1.46 bits per heavy atom. The molecule has 0 aromatic carbocycles. The molecule has 10 heteroatoms. The zero-order chi connectivity index (χ0) is 18.2. The molecule has 2 N–H and O–H groups in total. The van der Waals surface area contributed by atoms with Gasteiger partial charge in [0.25, 0.3) is 0 Å². The molecular weight excluding hydrogens is 406 g/mol. The molecule has 3 rings (SSSR count). The molecule has 0 amide bonds. The number of methoxy groups -OCH3 is 2. The monoisotopic (exact) mass is 420 g/mol. The molecule has 0 radical (unpaired) electrons. The van der Waals surface area contributed by atoms with Crippen molar-refractivity contribution < 1.29 is 29.2 Å². The van der Waals surface area contributed by atoms with Gasteiger partial charge in [-0.15, -0.1) is 23.2 Å². The smallest absolute Gasteiger partial charge is 0.303 e. The van der Waals surface area contributed by atoms with Crippen LogP contribution in [0.3, 0.4) is 0 Å². The Hall–Kier alpha value is 0.210. The Balaban J connectivity index is 2.26. The van der Waals surface area contributed by atoms with Gasteiger partial charge in [-0.1, -0.05) is 23.2 Å². The molecule has 136 valence electrons. The summed E-state index contributed by atoms with van der Waals surface area (Å²) in [6.07, 6.45) is -3.93. The van der Waals surface area contributed by atoms with Gasteiger partial charge in [-0.3, -0.25) is 4.79 Å². The second-order valence-electron chi connectivity index (χ2n) is 6.18. The van der Waals surface area contributed by atoms with Gasteiger partial charge in [0.05, 0.1) is 16.2 Å². The lowest BCUT2D eigenvalue weighted by molar-refractivity contribution is -0.228. The Labute approximate surface area is 158 Å². The average Bonchev–Trinajstić information content (AvgIpc) is 2.93. The normalized spacial score (nSPS) is 48.8. The summed E-state index contributed by atoms with van der Waals surface area (Å²) in [4.78, 5) is 8.14. The van der Waals surface area contributed by atoms with Gasteiger partial charge in [0, 0.05) is 33.0 Å². The molecule has 0 aliphatic heterocycles. The van der Waals surface area contributed by atoms with E-state index in [4.69, 9.17) is 60.6 Å². The number of carbonyl (C=O) groups excluding carboxylic acids is 1. The van der Waals surface area contributed by atoms with Gasteiger partial charge in [0.2, 0.25) is 5.79 Å². The molecule has 0 aromatic rings. The van der Waals surface area contributed by atoms with Crippen molar-refractivity contribution in [2.24, 2.45) is 11.8 Å². The number of aliphatic hydroxyl groups is 2. The quantitative estimate of drug-likeness (QED) is 0.408. The standard InChI is InChI=1S/C14H16Cl4O6/c1-4(19)24-9-6-5(7(20)8(9)21)12(17)10(15)11(16)13(6,18)14(12,22-2)23-3/h5-9,20-21H,1-3H3/t5-,6+,7+,8+,9+,12+,13-/m0/s1. The average molecular weight is 422 g/mol. The number of hydrogen-bond acceptors (Lipinski definition) is 6. The first-order chi connectivity index (χ1) is 11.1. The third-order valence-corrected chi connectivity index (χ3v) is 8.02. The number of aliphatic hydroxyl groups excluding tert-OH is 2. The van der Waals surface area contributed by atoms with E-state index in [1.807, 2.05) is 0 Å². The highest BCUT2D eigenvalue weighted by Crippen LogP contribution is 2.76. The highest BCUT2D eigenvalue weighted by Gasteiger charge is 2.89. The molecule has 2 fully saturated rings. The first-order valence-electron chi connectivity index (χ1n) is 7.14. The highest BCUT2D eigenvalue weighted by atomic mass is 35.5. The molecule has 0 unspecified atom stereocenters. The molecule has 3 aliphatic rings. The zero-order valence-corrected chi connectivity index (χ0v) is 15.9. The number of alkyl halides is 2. The fourth-order valence-electron chi connectivity index (χ4n) is 4.61. The van der Waals surface area contributed by atoms with E-state index in [9.17, 15) is 15.0 Å². The number of rotatable bonds is 3. The lowest BCUT2D eigenvalue weighted by Gasteiger charge is -2.43. The summed E-state index contributed by atoms with van der Waals surface area (Å²) in [5.41, 5.74) is 0. The van der Waals surface area contributed by atoms with E-state index in [1.54, 1.807) is 0 Å². The summed E-state index contributed by atoms with van der Waals surface area (Å²) in [7, 11) is 2.64. The van der Waals surface area contributed by atoms with Crippen LogP contribution in [0.5, 0.6) is 0 Å². The Kier molecular flexibility index (Phi) is 4.43. The van der Waals surface area contributed by atoms with Crippen molar-refractivity contribution in [3.8, 4) is 0 Å². The minimum absolute atomic E-state index is 0.0239. The maximum absolute atomic E-state index is 11.5. The fourth-order valence-corrected chi connectivity index (χ4v) is 6.87. The maximum atomic E-state index is 11.5. The van der Waals surface area contributed by atoms with Crippen LogP contribution in [0.15, 0.2) is 10.1 Å². The minimum Gasteiger partial charge on any atom is -0.459 e. The van der Waals surface area contributed by atoms with Gasteiger partial charge in [0.1, 0.15) is 22.0 Å². The zero-order valence-electron chi connectivity index (χ0n) is 12.9. The molecular formula is C14H16Cl4O6. The van der Waals surface area contributed by atoms with Crippen LogP contribution in [-0.4, -0.2) is 64.2 Å². The summed E-state index contributed by atoms with van der Waals surface area (Å²) >= 11 is 26.3. The summed E-state index contributed by atoms with van der Waals surface area (Å²) in [5, 5.41) is 20.9. The van der Waals surface area contributed by atoms with Gasteiger partial charge >= 0.3 is 5.97 Å². The third kappa shape index (κ3) is 1.72. The Bertz CT molecular complexity index is 622. The molecule has 2 saturated carbocycles. The largest absolute Gasteiger partial charge is 0.459 e. The Morgan fingerprint density at radius 3 is 1.88 bits per heavy atom. The minimum atomic E-state index is -1.72. The first kappa shape index (κ1) is 19.0. The van der Waals surface area contributed by atoms with E-state index in [0.717, 1.165) is 0 Å². The number of esters is 1. The van der Waals surface area contributed by atoms with Crippen molar-refractivity contribution >= 4 is 52.4 Å². The van der Waals surface area contributed by atoms with Crippen molar-refractivity contribution in [1.29, 1.82) is 0 Å². The lowest BCUT2D eigenvalue weighted by Crippen LogP contribution is -2.60. The summed E-state index contributed by atoms with van der Waals surface area (Å²) in [6.45, 7) is 1.18. The second kappa shape index (κ2) is 5.60. The van der Waals surface area contributed by atoms with Gasteiger partial charge in [0.15, 0.2) is 0 Å². The summed E-state index contributed by atoms with van der Waals surface area (Å²) in [6, 6.07) is 0. The van der Waals surface area contributed by atoms with Crippen LogP contribution in [0.25, 0.3) is 0 Å². The van der Waals surface area contributed by atoms with E-state index in [0.29, 0.717) is 0 Å². The van der Waals surface area contributed by atoms with E-state index >= 15 is 0 Å². The predicted octanol–water partition coefficient (Wildman–Crippen LogP) is 1.55. The van der Waals surface area contributed by atoms with Gasteiger partial charge in [-0.05, 0) is 0 Å². The van der Waals surface area contributed by atoms with Crippen molar-refractivity contribution in [2.45, 2.75) is 40.8 Å². The van der Waals surface area contributed by atoms with Crippen LogP contribution in [-0.2, 0) is 19.0 Å². The van der Waals surface area contributed by atoms with Crippen LogP contribution in [0.2, 0.25) is 0 Å². The van der Waals surface area contributed by atoms with Crippen molar-refractivity contribution in [3.63, 3.8) is 0 Å². The number of fused-ring (bicyclic) bond motifs is 5. The van der Waals surface area contributed by atoms with Crippen molar-refractivity contribution in [2.75, 3.05) is 14.2 Å². The first-order valence-corrected chi connectivity index (χ1v) is 8.65. The van der Waals surface area contributed by atoms with Crippen LogP contribution >= 0.6 is 46.4 Å². The van der Waals surface area contributed by atoms with E-state index in [1.165, 1.54) is 21.1 Å². The summed E-state index contributed by atoms with van der Waals surface area (Å²) < 4.78 is 16.3. The maximum Gasteiger partial charge on any atom is 0.303 e. The van der Waals surface area contributed by atoms with E-state index < -0.39 is 51.7 Å². The second-order valence-corrected chi connectivity index (χ2v) is 8.13. The fraction of sp³-hybridized carbons (Fsp3) is 0.786.